The minimum absolute atomic E-state index is 0.144. The Morgan fingerprint density at radius 3 is 2.30 bits per heavy atom. The van der Waals surface area contributed by atoms with Gasteiger partial charge in [0.05, 0.1) is 5.56 Å². The summed E-state index contributed by atoms with van der Waals surface area (Å²) in [5, 5.41) is 10.2. The van der Waals surface area contributed by atoms with Crippen molar-refractivity contribution >= 4 is 54.8 Å². The predicted octanol–water partition coefficient (Wildman–Crippen LogP) is 6.03. The molecule has 0 amide bonds. The van der Waals surface area contributed by atoms with Crippen LogP contribution in [0.2, 0.25) is 4.34 Å². The van der Waals surface area contributed by atoms with Crippen LogP contribution in [0.25, 0.3) is 0 Å². The second kappa shape index (κ2) is 5.96. The molecule has 1 nitrogen and oxygen atoms in total. The molecule has 0 saturated carbocycles. The molecule has 1 aromatic heterocycles. The van der Waals surface area contributed by atoms with Crippen molar-refractivity contribution in [3.05, 3.63) is 53.6 Å². The van der Waals surface area contributed by atoms with Crippen molar-refractivity contribution in [3.8, 4) is 0 Å². The molecule has 0 fully saturated rings. The summed E-state index contributed by atoms with van der Waals surface area (Å²) in [6, 6.07) is 4.74. The van der Waals surface area contributed by atoms with Gasteiger partial charge in [0.25, 0.3) is 0 Å². The summed E-state index contributed by atoms with van der Waals surface area (Å²) in [6.45, 7) is 0. The second-order valence-electron chi connectivity index (χ2n) is 3.91. The van der Waals surface area contributed by atoms with E-state index in [1.807, 2.05) is 0 Å². The Balaban J connectivity index is 2.46. The van der Waals surface area contributed by atoms with Crippen molar-refractivity contribution in [1.82, 2.24) is 0 Å². The summed E-state index contributed by atoms with van der Waals surface area (Å²) in [4.78, 5) is 0.460. The molecule has 8 heteroatoms. The molecule has 108 valence electrons. The summed E-state index contributed by atoms with van der Waals surface area (Å²) >= 11 is 13.3. The van der Waals surface area contributed by atoms with Crippen molar-refractivity contribution < 1.29 is 18.3 Å². The highest BCUT2D eigenvalue weighted by Crippen LogP contribution is 2.40. The van der Waals surface area contributed by atoms with Crippen LogP contribution in [0.5, 0.6) is 0 Å². The van der Waals surface area contributed by atoms with Crippen molar-refractivity contribution in [3.63, 3.8) is 0 Å². The van der Waals surface area contributed by atoms with Crippen molar-refractivity contribution in [2.45, 2.75) is 12.3 Å². The monoisotopic (exact) mass is 448 g/mol. The lowest BCUT2D eigenvalue weighted by Crippen LogP contribution is -2.07. The number of hydrogen-bond donors (Lipinski definition) is 1. The summed E-state index contributed by atoms with van der Waals surface area (Å²) in [5.74, 6) is 0. The molecule has 2 rings (SSSR count). The van der Waals surface area contributed by atoms with Gasteiger partial charge < -0.3 is 5.11 Å². The zero-order chi connectivity index (χ0) is 15.1. The first-order chi connectivity index (χ1) is 9.20. The molecule has 2 aromatic rings. The molecule has 0 aliphatic carbocycles. The summed E-state index contributed by atoms with van der Waals surface area (Å²) in [7, 11) is 0. The maximum Gasteiger partial charge on any atom is 0.416 e. The quantitative estimate of drug-likeness (QED) is 0.593. The third-order valence-corrected chi connectivity index (χ3v) is 5.80. The van der Waals surface area contributed by atoms with Crippen LogP contribution in [-0.2, 0) is 6.18 Å². The maximum absolute atomic E-state index is 12.7. The van der Waals surface area contributed by atoms with Gasteiger partial charge in [0.15, 0.2) is 0 Å². The van der Waals surface area contributed by atoms with Gasteiger partial charge in [0, 0.05) is 19.4 Å². The molecule has 1 heterocycles. The number of halogens is 6. The largest absolute Gasteiger partial charge is 0.416 e. The Kier molecular flexibility index (Phi) is 4.86. The van der Waals surface area contributed by atoms with Crippen LogP contribution in [-0.4, -0.2) is 5.11 Å². The molecule has 1 aromatic carbocycles. The number of aliphatic hydroxyl groups is 1. The zero-order valence-corrected chi connectivity index (χ0v) is 14.3. The number of benzene rings is 1. The lowest BCUT2D eigenvalue weighted by Gasteiger charge is -2.14. The van der Waals surface area contributed by atoms with E-state index in [2.05, 4.69) is 31.9 Å². The van der Waals surface area contributed by atoms with Crippen molar-refractivity contribution in [2.24, 2.45) is 0 Å². The third kappa shape index (κ3) is 3.39. The SMILES string of the molecule is OC(c1cc(Br)c(Cl)s1)c1cc(C(F)(F)F)ccc1Br. The van der Waals surface area contributed by atoms with Gasteiger partial charge in [-0.05, 0) is 40.2 Å². The molecule has 1 N–H and O–H groups in total. The highest BCUT2D eigenvalue weighted by molar-refractivity contribution is 9.10. The number of hydrogen-bond acceptors (Lipinski definition) is 2. The molecule has 1 atom stereocenters. The average molecular weight is 451 g/mol. The van der Waals surface area contributed by atoms with Crippen LogP contribution in [0.15, 0.2) is 33.2 Å². The number of alkyl halides is 3. The van der Waals surface area contributed by atoms with Crippen molar-refractivity contribution in [1.29, 1.82) is 0 Å². The van der Waals surface area contributed by atoms with Gasteiger partial charge in [-0.3, -0.25) is 0 Å². The lowest BCUT2D eigenvalue weighted by atomic mass is 10.0. The van der Waals surface area contributed by atoms with Crippen LogP contribution >= 0.6 is 54.8 Å². The zero-order valence-electron chi connectivity index (χ0n) is 9.51. The van der Waals surface area contributed by atoms with E-state index in [1.165, 1.54) is 6.07 Å². The van der Waals surface area contributed by atoms with Gasteiger partial charge >= 0.3 is 6.18 Å². The first-order valence-corrected chi connectivity index (χ1v) is 7.97. The number of aliphatic hydroxyl groups excluding tert-OH is 1. The summed E-state index contributed by atoms with van der Waals surface area (Å²) in [6.07, 6.45) is -5.64. The molecule has 0 spiro atoms. The van der Waals surface area contributed by atoms with Crippen molar-refractivity contribution in [2.75, 3.05) is 0 Å². The van der Waals surface area contributed by atoms with E-state index >= 15 is 0 Å². The smallest absolute Gasteiger partial charge is 0.383 e. The van der Waals surface area contributed by atoms with E-state index in [9.17, 15) is 18.3 Å². The molecule has 20 heavy (non-hydrogen) atoms. The number of thiophene rings is 1. The highest BCUT2D eigenvalue weighted by Gasteiger charge is 2.32. The summed E-state index contributed by atoms with van der Waals surface area (Å²) in [5.41, 5.74) is -0.665. The van der Waals surface area contributed by atoms with E-state index in [0.717, 1.165) is 23.5 Å². The topological polar surface area (TPSA) is 20.2 Å². The van der Waals surface area contributed by atoms with Gasteiger partial charge in [0.1, 0.15) is 10.4 Å². The van der Waals surface area contributed by atoms with Gasteiger partial charge in [-0.1, -0.05) is 27.5 Å². The Morgan fingerprint density at radius 2 is 1.80 bits per heavy atom. The lowest BCUT2D eigenvalue weighted by molar-refractivity contribution is -0.137. The minimum Gasteiger partial charge on any atom is -0.383 e. The molecule has 1 unspecified atom stereocenters. The van der Waals surface area contributed by atoms with E-state index in [1.54, 1.807) is 6.07 Å². The Labute approximate surface area is 138 Å². The normalized spacial score (nSPS) is 13.6. The molecule has 0 radical (unpaired) electrons. The van der Waals surface area contributed by atoms with E-state index < -0.39 is 17.8 Å². The Bertz CT molecular complexity index is 623. The highest BCUT2D eigenvalue weighted by atomic mass is 79.9. The first-order valence-electron chi connectivity index (χ1n) is 5.19. The maximum atomic E-state index is 12.7. The van der Waals surface area contributed by atoms with Gasteiger partial charge in [-0.2, -0.15) is 13.2 Å². The fourth-order valence-corrected chi connectivity index (χ4v) is 3.79. The third-order valence-electron chi connectivity index (χ3n) is 2.55. The van der Waals surface area contributed by atoms with Crippen LogP contribution in [0.4, 0.5) is 13.2 Å². The molecule has 0 aliphatic heterocycles. The van der Waals surface area contributed by atoms with Crippen LogP contribution in [0.1, 0.15) is 22.1 Å². The van der Waals surface area contributed by atoms with Gasteiger partial charge in [-0.15, -0.1) is 11.3 Å². The standard InChI is InChI=1S/C12H6Br2ClF3OS/c13-7-2-1-5(12(16,17)18)3-6(7)10(19)9-4-8(14)11(15)20-9/h1-4,10,19H. The van der Waals surface area contributed by atoms with E-state index in [-0.39, 0.29) is 5.56 Å². The van der Waals surface area contributed by atoms with Gasteiger partial charge in [-0.25, -0.2) is 0 Å². The van der Waals surface area contributed by atoms with Crippen LogP contribution in [0, 0.1) is 0 Å². The fourth-order valence-electron chi connectivity index (χ4n) is 1.58. The second-order valence-corrected chi connectivity index (χ2v) is 7.30. The van der Waals surface area contributed by atoms with E-state index in [0.29, 0.717) is 18.2 Å². The predicted molar refractivity (Wildman–Crippen MR) is 80.2 cm³/mol. The van der Waals surface area contributed by atoms with Crippen LogP contribution in [0.3, 0.4) is 0 Å². The number of rotatable bonds is 2. The average Bonchev–Trinajstić information content (AvgIpc) is 2.68. The molecule has 0 bridgehead atoms. The molecular weight excluding hydrogens is 444 g/mol. The first kappa shape index (κ1) is 16.3. The molecule has 0 saturated heterocycles. The molecule has 0 aliphatic rings. The Hall–Kier alpha value is -0.0800. The van der Waals surface area contributed by atoms with Crippen LogP contribution < -0.4 is 0 Å². The van der Waals surface area contributed by atoms with E-state index in [4.69, 9.17) is 11.6 Å². The van der Waals surface area contributed by atoms with Gasteiger partial charge in [0.2, 0.25) is 0 Å². The molecular formula is C12H6Br2ClF3OS. The minimum atomic E-state index is -4.46. The Morgan fingerprint density at radius 1 is 1.15 bits per heavy atom. The fraction of sp³-hybridized carbons (Fsp3) is 0.167. The summed E-state index contributed by atoms with van der Waals surface area (Å²) < 4.78 is 39.6.